The van der Waals surface area contributed by atoms with E-state index in [2.05, 4.69) is 5.32 Å². The van der Waals surface area contributed by atoms with Gasteiger partial charge in [0.1, 0.15) is 5.75 Å². The van der Waals surface area contributed by atoms with Gasteiger partial charge in [0.15, 0.2) is 5.78 Å². The summed E-state index contributed by atoms with van der Waals surface area (Å²) in [5, 5.41) is 12.7. The summed E-state index contributed by atoms with van der Waals surface area (Å²) in [7, 11) is -4.14. The maximum atomic E-state index is 13.0. The fraction of sp³-hybridized carbons (Fsp3) is 0.368. The summed E-state index contributed by atoms with van der Waals surface area (Å²) in [4.78, 5) is 10.6. The van der Waals surface area contributed by atoms with E-state index in [4.69, 9.17) is 9.26 Å². The highest BCUT2D eigenvalue weighted by molar-refractivity contribution is 7.53. The maximum Gasteiger partial charge on any atom is 0.355 e. The molecule has 0 amide bonds. The number of anilines is 1. The fourth-order valence-electron chi connectivity index (χ4n) is 2.35. The van der Waals surface area contributed by atoms with Gasteiger partial charge >= 0.3 is 7.60 Å². The highest BCUT2D eigenvalue weighted by Gasteiger charge is 2.36. The van der Waals surface area contributed by atoms with Gasteiger partial charge in [-0.25, -0.2) is 0 Å². The number of hydrogen-bond acceptors (Lipinski definition) is 5. The molecule has 2 rings (SSSR count). The maximum absolute atomic E-state index is 13.0. The average Bonchev–Trinajstić information content (AvgIpc) is 2.61. The van der Waals surface area contributed by atoms with Crippen LogP contribution in [-0.2, 0) is 9.09 Å². The molecule has 2 aromatic rings. The minimum absolute atomic E-state index is 0.540. The summed E-state index contributed by atoms with van der Waals surface area (Å²) in [6.07, 6.45) is -1.65. The van der Waals surface area contributed by atoms with Crippen LogP contribution in [0, 0.1) is 0 Å². The van der Waals surface area contributed by atoms with Crippen LogP contribution in [0.1, 0.15) is 32.1 Å². The monoisotopic (exact) mass is 379 g/mol. The lowest BCUT2D eigenvalue weighted by molar-refractivity contribution is 0.0512. The number of para-hydroxylation sites is 1. The molecule has 0 aliphatic rings. The van der Waals surface area contributed by atoms with Crippen molar-refractivity contribution in [1.29, 1.82) is 0 Å². The number of benzene rings is 2. The predicted molar refractivity (Wildman–Crippen MR) is 102 cm³/mol. The van der Waals surface area contributed by atoms with Gasteiger partial charge in [-0.2, -0.15) is 0 Å². The predicted octanol–water partition coefficient (Wildman–Crippen LogP) is 4.17. The second kappa shape index (κ2) is 9.19. The highest BCUT2D eigenvalue weighted by atomic mass is 31.2. The molecule has 0 aliphatic carbocycles. The molecular formula is C19H26NO5P. The van der Waals surface area contributed by atoms with Crippen LogP contribution in [0.3, 0.4) is 0 Å². The van der Waals surface area contributed by atoms with E-state index < -0.39 is 25.6 Å². The first-order chi connectivity index (χ1) is 12.3. The van der Waals surface area contributed by atoms with Gasteiger partial charge in [0.25, 0.3) is 0 Å². The van der Waals surface area contributed by atoms with Crippen LogP contribution < -0.4 is 10.1 Å². The third-order valence-electron chi connectivity index (χ3n) is 3.91. The van der Waals surface area contributed by atoms with Crippen molar-refractivity contribution in [2.24, 2.45) is 0 Å². The molecule has 0 heterocycles. The van der Waals surface area contributed by atoms with Gasteiger partial charge in [-0.15, -0.1) is 0 Å². The van der Waals surface area contributed by atoms with Crippen LogP contribution >= 0.6 is 7.60 Å². The van der Waals surface area contributed by atoms with Crippen LogP contribution in [-0.4, -0.2) is 28.8 Å². The molecule has 0 aliphatic heterocycles. The van der Waals surface area contributed by atoms with Crippen LogP contribution in [0.4, 0.5) is 5.69 Å². The van der Waals surface area contributed by atoms with Gasteiger partial charge in [-0.1, -0.05) is 30.3 Å². The largest absolute Gasteiger partial charge is 0.494 e. The average molecular weight is 379 g/mol. The first-order valence-corrected chi connectivity index (χ1v) is 10.2. The van der Waals surface area contributed by atoms with Crippen LogP contribution in [0.2, 0.25) is 0 Å². The molecule has 7 heteroatoms. The van der Waals surface area contributed by atoms with Crippen molar-refractivity contribution in [3.8, 4) is 5.75 Å². The van der Waals surface area contributed by atoms with Crippen molar-refractivity contribution in [3.63, 3.8) is 0 Å². The first-order valence-electron chi connectivity index (χ1n) is 8.56. The molecule has 0 saturated heterocycles. The lowest BCUT2D eigenvalue weighted by atomic mass is 10.2. The summed E-state index contributed by atoms with van der Waals surface area (Å²) >= 11 is 0. The van der Waals surface area contributed by atoms with Crippen molar-refractivity contribution in [2.75, 3.05) is 11.9 Å². The molecule has 0 radical (unpaired) electrons. The van der Waals surface area contributed by atoms with E-state index in [1.165, 1.54) is 6.92 Å². The standard InChI is InChI=1S/C19H26NO5P/c1-4-24-18-12-10-16(11-13-18)19(20-17-8-6-5-7-9-17)26(22,23)25-15(3)14(2)21/h5-15,19-21H,4H2,1-3H3,(H,22,23). The molecule has 2 aromatic carbocycles. The minimum atomic E-state index is -4.14. The Morgan fingerprint density at radius 1 is 1.08 bits per heavy atom. The molecule has 6 nitrogen and oxygen atoms in total. The zero-order valence-corrected chi connectivity index (χ0v) is 16.1. The topological polar surface area (TPSA) is 88.0 Å². The van der Waals surface area contributed by atoms with E-state index in [1.807, 2.05) is 25.1 Å². The molecule has 0 spiro atoms. The van der Waals surface area contributed by atoms with E-state index in [1.54, 1.807) is 43.3 Å². The van der Waals surface area contributed by atoms with Crippen LogP contribution in [0.25, 0.3) is 0 Å². The quantitative estimate of drug-likeness (QED) is 0.567. The number of ether oxygens (including phenoxy) is 1. The third-order valence-corrected chi connectivity index (χ3v) is 5.62. The summed E-state index contributed by atoms with van der Waals surface area (Å²) in [5.41, 5.74) is 1.27. The van der Waals surface area contributed by atoms with Crippen molar-refractivity contribution >= 4 is 13.3 Å². The molecule has 0 fully saturated rings. The summed E-state index contributed by atoms with van der Waals surface area (Å²) in [5.74, 6) is -0.303. The second-order valence-corrected chi connectivity index (χ2v) is 7.89. The molecule has 26 heavy (non-hydrogen) atoms. The Morgan fingerprint density at radius 2 is 1.69 bits per heavy atom. The zero-order valence-electron chi connectivity index (χ0n) is 15.2. The molecule has 0 saturated carbocycles. The van der Waals surface area contributed by atoms with Gasteiger partial charge in [0, 0.05) is 5.69 Å². The third kappa shape index (κ3) is 5.58. The van der Waals surface area contributed by atoms with Gasteiger partial charge in [0.05, 0.1) is 18.8 Å². The lowest BCUT2D eigenvalue weighted by Gasteiger charge is -2.28. The number of hydrogen-bond donors (Lipinski definition) is 3. The summed E-state index contributed by atoms with van der Waals surface area (Å²) < 4.78 is 23.7. The number of nitrogens with one attached hydrogen (secondary N) is 1. The molecular weight excluding hydrogens is 353 g/mol. The Labute approximate surface area is 154 Å². The Balaban J connectivity index is 2.33. The van der Waals surface area contributed by atoms with Crippen LogP contribution in [0.5, 0.6) is 5.75 Å². The smallest absolute Gasteiger partial charge is 0.355 e. The number of aliphatic hydroxyl groups excluding tert-OH is 1. The van der Waals surface area contributed by atoms with Gasteiger partial charge in [0.2, 0.25) is 0 Å². The van der Waals surface area contributed by atoms with E-state index in [9.17, 15) is 14.6 Å². The second-order valence-electron chi connectivity index (χ2n) is 6.03. The first kappa shape index (κ1) is 20.5. The molecule has 4 unspecified atom stereocenters. The van der Waals surface area contributed by atoms with Crippen molar-refractivity contribution < 1.29 is 23.8 Å². The summed E-state index contributed by atoms with van der Waals surface area (Å²) in [6.45, 7) is 5.51. The Kier molecular flexibility index (Phi) is 7.23. The van der Waals surface area contributed by atoms with E-state index in [-0.39, 0.29) is 0 Å². The van der Waals surface area contributed by atoms with Crippen LogP contribution in [0.15, 0.2) is 54.6 Å². The van der Waals surface area contributed by atoms with Gasteiger partial charge in [-0.3, -0.25) is 4.57 Å². The van der Waals surface area contributed by atoms with Gasteiger partial charge in [-0.05, 0) is 50.6 Å². The molecule has 3 N–H and O–H groups in total. The van der Waals surface area contributed by atoms with Crippen molar-refractivity contribution in [1.82, 2.24) is 0 Å². The Hall–Kier alpha value is -1.85. The number of aliphatic hydroxyl groups is 1. The number of rotatable bonds is 9. The Bertz CT molecular complexity index is 720. The normalized spacial score (nSPS) is 17.0. The van der Waals surface area contributed by atoms with Gasteiger partial charge < -0.3 is 24.6 Å². The van der Waals surface area contributed by atoms with Crippen molar-refractivity contribution in [3.05, 3.63) is 60.2 Å². The fourth-order valence-corrected chi connectivity index (χ4v) is 3.98. The Morgan fingerprint density at radius 3 is 2.23 bits per heavy atom. The van der Waals surface area contributed by atoms with E-state index >= 15 is 0 Å². The minimum Gasteiger partial charge on any atom is -0.494 e. The molecule has 4 atom stereocenters. The van der Waals surface area contributed by atoms with Crippen molar-refractivity contribution in [2.45, 2.75) is 38.8 Å². The SMILES string of the molecule is CCOc1ccc(C(Nc2ccccc2)P(=O)(O)OC(C)C(C)O)cc1. The van der Waals surface area contributed by atoms with E-state index in [0.717, 1.165) is 0 Å². The summed E-state index contributed by atoms with van der Waals surface area (Å²) in [6, 6.07) is 16.1. The molecule has 0 bridgehead atoms. The lowest BCUT2D eigenvalue weighted by Crippen LogP contribution is -2.24. The highest BCUT2D eigenvalue weighted by Crippen LogP contribution is 2.57. The zero-order chi connectivity index (χ0) is 19.2. The molecule has 142 valence electrons. The molecule has 0 aromatic heterocycles. The van der Waals surface area contributed by atoms with E-state index in [0.29, 0.717) is 23.6 Å².